The first-order chi connectivity index (χ1) is 36.7. The highest BCUT2D eigenvalue weighted by Crippen LogP contribution is 2.39. The predicted molar refractivity (Wildman–Crippen MR) is 287 cm³/mol. The molecule has 5 amide bonds. The predicted octanol–water partition coefficient (Wildman–Crippen LogP) is 5.13. The number of piperidine rings is 2. The Labute approximate surface area is 445 Å². The standard InChI is InChI=1S/C52H62ClN13O9S/c1-4-32-27-39(59-52-57-29-36(53)49(61-52)58-38-13-12-37-47(56-20-19-54-37)48(38)62-76(3,72)73)43(74-2)28-41(32)64-21-16-33(17-22-64)63-23-25-65(26-24-63)46(69)11-6-5-7-18-55-45(68)31-75-42-10-8-9-34-35(42)30-66(51(34)71)40-14-15-44(67)60-50(40)70/h8-10,12-13,19-20,27-29,33,40,62H,4-7,11,14-18,21-26,30-31H2,1-3H3,(H,55,68)(H,60,67,70)(H2,57,58,59,61). The Kier molecular flexibility index (Phi) is 16.6. The highest BCUT2D eigenvalue weighted by atomic mass is 35.5. The fraction of sp³-hybridized carbons (Fsp3) is 0.442. The molecule has 5 aromatic rings. The third kappa shape index (κ3) is 12.5. The zero-order valence-electron chi connectivity index (χ0n) is 42.7. The number of aromatic nitrogens is 4. The molecule has 22 nitrogen and oxygen atoms in total. The van der Waals surface area contributed by atoms with E-state index >= 15 is 0 Å². The minimum Gasteiger partial charge on any atom is -0.494 e. The monoisotopic (exact) mass is 1080 g/mol. The molecule has 9 rings (SSSR count). The number of amides is 5. The molecule has 1 atom stereocenters. The summed E-state index contributed by atoms with van der Waals surface area (Å²) in [4.78, 5) is 89.1. The molecular weight excluding hydrogens is 1020 g/mol. The van der Waals surface area contributed by atoms with Crippen LogP contribution in [0.15, 0.2) is 61.1 Å². The van der Waals surface area contributed by atoms with Gasteiger partial charge in [0.15, 0.2) is 12.4 Å². The van der Waals surface area contributed by atoms with Gasteiger partial charge in [-0.1, -0.05) is 31.0 Å². The zero-order chi connectivity index (χ0) is 53.5. The second-order valence-electron chi connectivity index (χ2n) is 19.2. The minimum absolute atomic E-state index is 0.154. The first-order valence-corrected chi connectivity index (χ1v) is 27.8. The van der Waals surface area contributed by atoms with Crippen LogP contribution in [-0.2, 0) is 42.2 Å². The normalized spacial score (nSPS) is 17.3. The van der Waals surface area contributed by atoms with Crippen LogP contribution in [0.5, 0.6) is 11.5 Å². The topological polar surface area (TPSA) is 263 Å². The quantitative estimate of drug-likeness (QED) is 0.0500. The fourth-order valence-corrected chi connectivity index (χ4v) is 11.0. The van der Waals surface area contributed by atoms with E-state index < -0.39 is 22.0 Å². The van der Waals surface area contributed by atoms with E-state index in [1.54, 1.807) is 37.4 Å². The van der Waals surface area contributed by atoms with Crippen molar-refractivity contribution in [3.05, 3.63) is 82.8 Å². The number of anilines is 6. The fourth-order valence-electron chi connectivity index (χ4n) is 10.3. The summed E-state index contributed by atoms with van der Waals surface area (Å²) < 4.78 is 39.0. The molecule has 1 unspecified atom stereocenters. The molecule has 4 aliphatic rings. The largest absolute Gasteiger partial charge is 0.494 e. The van der Waals surface area contributed by atoms with Gasteiger partial charge in [-0.2, -0.15) is 4.98 Å². The maximum absolute atomic E-state index is 13.2. The van der Waals surface area contributed by atoms with Gasteiger partial charge in [-0.25, -0.2) is 13.4 Å². The van der Waals surface area contributed by atoms with Crippen LogP contribution < -0.4 is 40.4 Å². The van der Waals surface area contributed by atoms with Crippen molar-refractivity contribution >= 4 is 96.7 Å². The van der Waals surface area contributed by atoms with Gasteiger partial charge in [0.2, 0.25) is 33.7 Å². The van der Waals surface area contributed by atoms with Crippen molar-refractivity contribution in [1.29, 1.82) is 0 Å². The van der Waals surface area contributed by atoms with Crippen LogP contribution in [0.2, 0.25) is 5.02 Å². The number of nitrogens with zero attached hydrogens (tertiary/aromatic N) is 8. The number of piperazine rings is 1. The number of rotatable bonds is 20. The summed E-state index contributed by atoms with van der Waals surface area (Å²) in [5.74, 6) is 0.200. The summed E-state index contributed by atoms with van der Waals surface area (Å²) in [6.45, 7) is 7.29. The lowest BCUT2D eigenvalue weighted by Crippen LogP contribution is -2.54. The molecule has 0 saturated carbocycles. The van der Waals surface area contributed by atoms with Crippen molar-refractivity contribution in [3.63, 3.8) is 0 Å². The molecule has 0 aliphatic carbocycles. The van der Waals surface area contributed by atoms with Crippen LogP contribution in [0.25, 0.3) is 11.0 Å². The average molecular weight is 1080 g/mol. The van der Waals surface area contributed by atoms with Crippen LogP contribution in [0.4, 0.5) is 34.5 Å². The van der Waals surface area contributed by atoms with Gasteiger partial charge in [-0.05, 0) is 74.4 Å². The Balaban J connectivity index is 0.694. The van der Waals surface area contributed by atoms with E-state index in [2.05, 4.69) is 74.8 Å². The number of nitrogens with one attached hydrogen (secondary N) is 5. The molecule has 402 valence electrons. The summed E-state index contributed by atoms with van der Waals surface area (Å²) in [5.41, 5.74) is 5.35. The first-order valence-electron chi connectivity index (χ1n) is 25.6. The number of imide groups is 1. The number of benzene rings is 3. The van der Waals surface area contributed by atoms with Gasteiger partial charge in [-0.3, -0.25) is 48.9 Å². The number of methoxy groups -OCH3 is 1. The lowest BCUT2D eigenvalue weighted by molar-refractivity contribution is -0.137. The molecule has 2 aromatic heterocycles. The van der Waals surface area contributed by atoms with Gasteiger partial charge in [0.25, 0.3) is 11.8 Å². The second kappa shape index (κ2) is 23.7. The number of fused-ring (bicyclic) bond motifs is 2. The van der Waals surface area contributed by atoms with E-state index in [9.17, 15) is 32.4 Å². The Morgan fingerprint density at radius 1 is 0.895 bits per heavy atom. The highest BCUT2D eigenvalue weighted by molar-refractivity contribution is 7.92. The third-order valence-corrected chi connectivity index (χ3v) is 15.1. The molecule has 3 fully saturated rings. The summed E-state index contributed by atoms with van der Waals surface area (Å²) >= 11 is 6.57. The smallest absolute Gasteiger partial charge is 0.257 e. The molecule has 4 aliphatic heterocycles. The number of carbonyl (C=O) groups excluding carboxylic acids is 5. The summed E-state index contributed by atoms with van der Waals surface area (Å²) in [5, 5.41) is 11.8. The summed E-state index contributed by atoms with van der Waals surface area (Å²) in [6, 6.07) is 12.2. The number of sulfonamides is 1. The molecule has 5 N–H and O–H groups in total. The lowest BCUT2D eigenvalue weighted by Gasteiger charge is -2.43. The molecule has 6 heterocycles. The third-order valence-electron chi connectivity index (χ3n) is 14.2. The zero-order valence-corrected chi connectivity index (χ0v) is 44.3. The van der Waals surface area contributed by atoms with E-state index in [4.69, 9.17) is 21.1 Å². The van der Waals surface area contributed by atoms with Gasteiger partial charge < -0.3 is 40.1 Å². The summed E-state index contributed by atoms with van der Waals surface area (Å²) in [6.07, 6.45) is 11.4. The van der Waals surface area contributed by atoms with E-state index in [1.807, 2.05) is 4.90 Å². The minimum atomic E-state index is -3.69. The Morgan fingerprint density at radius 3 is 2.43 bits per heavy atom. The van der Waals surface area contributed by atoms with Crippen LogP contribution in [0.3, 0.4) is 0 Å². The maximum Gasteiger partial charge on any atom is 0.257 e. The number of aryl methyl sites for hydroxylation is 1. The Morgan fingerprint density at radius 2 is 1.68 bits per heavy atom. The number of halogens is 1. The molecule has 3 saturated heterocycles. The van der Waals surface area contributed by atoms with Gasteiger partial charge >= 0.3 is 0 Å². The highest BCUT2D eigenvalue weighted by Gasteiger charge is 2.40. The van der Waals surface area contributed by atoms with Gasteiger partial charge in [0, 0.05) is 100.0 Å². The van der Waals surface area contributed by atoms with Crippen LogP contribution in [0.1, 0.15) is 79.8 Å². The molecule has 3 aromatic carbocycles. The molecule has 24 heteroatoms. The number of hydrogen-bond donors (Lipinski definition) is 5. The van der Waals surface area contributed by atoms with Crippen molar-refractivity contribution in [3.8, 4) is 11.5 Å². The number of carbonyl (C=O) groups is 5. The number of unbranched alkanes of at least 4 members (excludes halogenated alkanes) is 2. The van der Waals surface area contributed by atoms with Crippen LogP contribution in [0, 0.1) is 0 Å². The van der Waals surface area contributed by atoms with Crippen molar-refractivity contribution in [2.45, 2.75) is 83.3 Å². The van der Waals surface area contributed by atoms with E-state index in [1.165, 1.54) is 23.5 Å². The van der Waals surface area contributed by atoms with Crippen LogP contribution in [-0.4, -0.2) is 150 Å². The molecular formula is C52H62ClN13O9S. The van der Waals surface area contributed by atoms with Crippen molar-refractivity contribution in [2.24, 2.45) is 0 Å². The summed E-state index contributed by atoms with van der Waals surface area (Å²) in [7, 11) is -2.07. The number of ether oxygens (including phenoxy) is 2. The first kappa shape index (κ1) is 53.5. The molecule has 0 radical (unpaired) electrons. The Bertz CT molecular complexity index is 3130. The molecule has 76 heavy (non-hydrogen) atoms. The Hall–Kier alpha value is -7.37. The van der Waals surface area contributed by atoms with E-state index in [0.717, 1.165) is 82.2 Å². The van der Waals surface area contributed by atoms with Gasteiger partial charge in [-0.15, -0.1) is 0 Å². The van der Waals surface area contributed by atoms with Gasteiger partial charge in [0.1, 0.15) is 28.1 Å². The van der Waals surface area contributed by atoms with Crippen LogP contribution >= 0.6 is 11.6 Å². The maximum atomic E-state index is 13.2. The number of hydrogen-bond acceptors (Lipinski definition) is 17. The second-order valence-corrected chi connectivity index (χ2v) is 21.4. The SMILES string of the molecule is CCc1cc(Nc2ncc(Cl)c(Nc3ccc4nccnc4c3NS(C)(=O)=O)n2)c(OC)cc1N1CCC(N2CCN(C(=O)CCCCCNC(=O)COc3cccc4c3CN(C3CCC(=O)NC3=O)C4=O)CC2)CC1. The lowest BCUT2D eigenvalue weighted by atomic mass is 9.99. The van der Waals surface area contributed by atoms with E-state index in [0.29, 0.717) is 77.1 Å². The molecule has 0 spiro atoms. The van der Waals surface area contributed by atoms with Gasteiger partial charge in [0.05, 0.1) is 48.7 Å². The van der Waals surface area contributed by atoms with Crippen molar-refractivity contribution in [2.75, 3.05) is 86.0 Å². The van der Waals surface area contributed by atoms with Crippen molar-refractivity contribution in [1.82, 2.24) is 45.3 Å². The van der Waals surface area contributed by atoms with E-state index in [-0.39, 0.29) is 72.1 Å². The van der Waals surface area contributed by atoms with Crippen molar-refractivity contribution < 1.29 is 41.9 Å². The molecule has 0 bridgehead atoms. The average Bonchev–Trinajstić information content (AvgIpc) is 3.76.